The fourth-order valence-corrected chi connectivity index (χ4v) is 5.14. The molecule has 2 aliphatic rings. The van der Waals surface area contributed by atoms with Crippen LogP contribution in [0.2, 0.25) is 0 Å². The topological polar surface area (TPSA) is 114 Å². The minimum absolute atomic E-state index is 0.00635. The molecule has 0 bridgehead atoms. The van der Waals surface area contributed by atoms with Crippen molar-refractivity contribution in [2.24, 2.45) is 0 Å². The van der Waals surface area contributed by atoms with E-state index in [-0.39, 0.29) is 12.1 Å². The predicted octanol–water partition coefficient (Wildman–Crippen LogP) is 3.53. The van der Waals surface area contributed by atoms with Crippen molar-refractivity contribution < 1.29 is 9.53 Å². The molecule has 2 fully saturated rings. The summed E-state index contributed by atoms with van der Waals surface area (Å²) in [6.45, 7) is 4.49. The highest BCUT2D eigenvalue weighted by atomic mass is 16.5. The van der Waals surface area contributed by atoms with Crippen molar-refractivity contribution in [1.29, 1.82) is 0 Å². The maximum atomic E-state index is 13.2. The lowest BCUT2D eigenvalue weighted by Gasteiger charge is -2.37. The number of nitrogens with one attached hydrogen (secondary N) is 1. The van der Waals surface area contributed by atoms with Crippen molar-refractivity contribution in [3.63, 3.8) is 0 Å². The second-order valence-corrected chi connectivity index (χ2v) is 9.45. The largest absolute Gasteiger partial charge is 0.457 e. The first-order chi connectivity index (χ1) is 18.2. The number of likely N-dealkylation sites (tertiary alicyclic amines) is 1. The molecule has 3 N–H and O–H groups in total. The molecule has 6 rings (SSSR count). The molecule has 0 spiro atoms. The maximum Gasteiger partial charge on any atom is 0.320 e. The summed E-state index contributed by atoms with van der Waals surface area (Å²) in [6.07, 6.45) is 3.30. The molecule has 0 radical (unpaired) electrons. The van der Waals surface area contributed by atoms with Crippen LogP contribution < -0.4 is 15.8 Å². The summed E-state index contributed by atoms with van der Waals surface area (Å²) in [4.78, 5) is 25.9. The van der Waals surface area contributed by atoms with Crippen LogP contribution in [0.4, 0.5) is 10.6 Å². The number of carbonyl (C=O) groups is 1. The van der Waals surface area contributed by atoms with Crippen LogP contribution >= 0.6 is 0 Å². The first-order valence-electron chi connectivity index (χ1n) is 12.7. The molecule has 4 heterocycles. The number of amides is 2. The van der Waals surface area contributed by atoms with Gasteiger partial charge < -0.3 is 25.6 Å². The van der Waals surface area contributed by atoms with E-state index < -0.39 is 0 Å². The standard InChI is InChI=1S/C27H30N8O2/c28-25-23-24(19-8-10-22(11-9-19)37-21-6-2-1-3-7-21)32-35(26(23)31-18-30-25)20-5-4-14-34(17-20)27(36)33-15-12-29-13-16-33/h1-3,6-11,18,20,29H,4-5,12-17H2,(H2,28,30,31). The fourth-order valence-electron chi connectivity index (χ4n) is 5.14. The number of hydrogen-bond acceptors (Lipinski definition) is 7. The highest BCUT2D eigenvalue weighted by Crippen LogP contribution is 2.35. The van der Waals surface area contributed by atoms with Crippen molar-refractivity contribution in [2.75, 3.05) is 45.0 Å². The lowest BCUT2D eigenvalue weighted by molar-refractivity contribution is 0.123. The van der Waals surface area contributed by atoms with E-state index in [4.69, 9.17) is 15.6 Å². The summed E-state index contributed by atoms with van der Waals surface area (Å²) in [5, 5.41) is 9.03. The smallest absolute Gasteiger partial charge is 0.320 e. The molecular formula is C27H30N8O2. The molecule has 10 heteroatoms. The molecule has 2 aromatic carbocycles. The van der Waals surface area contributed by atoms with Gasteiger partial charge >= 0.3 is 6.03 Å². The third-order valence-electron chi connectivity index (χ3n) is 7.03. The van der Waals surface area contributed by atoms with Gasteiger partial charge in [0.05, 0.1) is 11.4 Å². The average Bonchev–Trinajstić information content (AvgIpc) is 3.35. The second kappa shape index (κ2) is 10.1. The van der Waals surface area contributed by atoms with Crippen LogP contribution in [-0.2, 0) is 0 Å². The van der Waals surface area contributed by atoms with Gasteiger partial charge in [-0.05, 0) is 49.2 Å². The Labute approximate surface area is 215 Å². The Hall–Kier alpha value is -4.18. The molecule has 0 aliphatic carbocycles. The molecule has 0 saturated carbocycles. The minimum atomic E-state index is 0.00635. The molecule has 2 aromatic heterocycles. The Morgan fingerprint density at radius 2 is 1.70 bits per heavy atom. The van der Waals surface area contributed by atoms with Crippen LogP contribution in [0.5, 0.6) is 11.5 Å². The van der Waals surface area contributed by atoms with Crippen LogP contribution in [0.25, 0.3) is 22.3 Å². The Balaban J connectivity index is 1.29. The zero-order valence-electron chi connectivity index (χ0n) is 20.6. The number of carbonyl (C=O) groups excluding carboxylic acids is 1. The quantitative estimate of drug-likeness (QED) is 0.442. The Morgan fingerprint density at radius 3 is 2.49 bits per heavy atom. The third kappa shape index (κ3) is 4.67. The predicted molar refractivity (Wildman–Crippen MR) is 141 cm³/mol. The van der Waals surface area contributed by atoms with E-state index in [0.717, 1.165) is 73.7 Å². The van der Waals surface area contributed by atoms with Crippen LogP contribution in [0.15, 0.2) is 60.9 Å². The van der Waals surface area contributed by atoms with Gasteiger partial charge in [0.25, 0.3) is 0 Å². The lowest BCUT2D eigenvalue weighted by Crippen LogP contribution is -2.53. The van der Waals surface area contributed by atoms with Crippen molar-refractivity contribution in [1.82, 2.24) is 34.9 Å². The molecule has 2 aliphatic heterocycles. The Bertz CT molecular complexity index is 1380. The SMILES string of the molecule is Nc1ncnc2c1c(-c1ccc(Oc3ccccc3)cc1)nn2C1CCCN(C(=O)N2CCNCC2)C1. The van der Waals surface area contributed by atoms with E-state index in [1.807, 2.05) is 69.1 Å². The number of nitrogens with two attached hydrogens (primary N) is 1. The number of fused-ring (bicyclic) bond motifs is 1. The Kier molecular flexibility index (Phi) is 6.32. The number of benzene rings is 2. The number of para-hydroxylation sites is 1. The molecule has 1 unspecified atom stereocenters. The number of hydrogen-bond donors (Lipinski definition) is 2. The summed E-state index contributed by atoms with van der Waals surface area (Å²) in [7, 11) is 0. The van der Waals surface area contributed by atoms with Gasteiger partial charge in [0.2, 0.25) is 0 Å². The van der Waals surface area contributed by atoms with Gasteiger partial charge in [0, 0.05) is 44.8 Å². The lowest BCUT2D eigenvalue weighted by atomic mass is 10.1. The monoisotopic (exact) mass is 498 g/mol. The molecule has 10 nitrogen and oxygen atoms in total. The van der Waals surface area contributed by atoms with Crippen LogP contribution in [0, 0.1) is 0 Å². The highest BCUT2D eigenvalue weighted by molar-refractivity contribution is 5.98. The molecule has 4 aromatic rings. The Morgan fingerprint density at radius 1 is 0.946 bits per heavy atom. The van der Waals surface area contributed by atoms with Gasteiger partial charge in [0.1, 0.15) is 29.3 Å². The number of piperidine rings is 1. The average molecular weight is 499 g/mol. The third-order valence-corrected chi connectivity index (χ3v) is 7.03. The molecule has 1 atom stereocenters. The molecular weight excluding hydrogens is 468 g/mol. The zero-order chi connectivity index (χ0) is 25.2. The maximum absolute atomic E-state index is 13.2. The van der Waals surface area contributed by atoms with Gasteiger partial charge in [-0.25, -0.2) is 19.4 Å². The molecule has 2 saturated heterocycles. The van der Waals surface area contributed by atoms with Gasteiger partial charge in [-0.1, -0.05) is 18.2 Å². The summed E-state index contributed by atoms with van der Waals surface area (Å²) >= 11 is 0. The van der Waals surface area contributed by atoms with E-state index in [9.17, 15) is 4.79 Å². The van der Waals surface area contributed by atoms with Crippen molar-refractivity contribution in [3.8, 4) is 22.8 Å². The van der Waals surface area contributed by atoms with E-state index in [0.29, 0.717) is 18.0 Å². The molecule has 37 heavy (non-hydrogen) atoms. The number of anilines is 1. The minimum Gasteiger partial charge on any atom is -0.457 e. The molecule has 2 amide bonds. The summed E-state index contributed by atoms with van der Waals surface area (Å²) in [5.41, 5.74) is 8.65. The number of nitrogen functional groups attached to an aromatic ring is 1. The number of nitrogens with zero attached hydrogens (tertiary/aromatic N) is 6. The van der Waals surface area contributed by atoms with E-state index >= 15 is 0 Å². The first-order valence-corrected chi connectivity index (χ1v) is 12.7. The number of aromatic nitrogens is 4. The summed E-state index contributed by atoms with van der Waals surface area (Å²) in [6, 6.07) is 17.6. The van der Waals surface area contributed by atoms with Crippen LogP contribution in [0.3, 0.4) is 0 Å². The van der Waals surface area contributed by atoms with Crippen LogP contribution in [0.1, 0.15) is 18.9 Å². The van der Waals surface area contributed by atoms with Gasteiger partial charge in [-0.15, -0.1) is 0 Å². The first kappa shape index (κ1) is 23.2. The number of urea groups is 1. The highest BCUT2D eigenvalue weighted by Gasteiger charge is 2.31. The number of piperazine rings is 1. The zero-order valence-corrected chi connectivity index (χ0v) is 20.6. The van der Waals surface area contributed by atoms with E-state index in [1.54, 1.807) is 0 Å². The van der Waals surface area contributed by atoms with Crippen LogP contribution in [-0.4, -0.2) is 74.8 Å². The molecule has 190 valence electrons. The number of ether oxygens (including phenoxy) is 1. The fraction of sp³-hybridized carbons (Fsp3) is 0.333. The van der Waals surface area contributed by atoms with Gasteiger partial charge in [0.15, 0.2) is 5.65 Å². The summed E-state index contributed by atoms with van der Waals surface area (Å²) in [5.74, 6) is 1.90. The van der Waals surface area contributed by atoms with Crippen molar-refractivity contribution >= 4 is 22.9 Å². The number of rotatable bonds is 4. The van der Waals surface area contributed by atoms with E-state index in [2.05, 4.69) is 15.3 Å². The van der Waals surface area contributed by atoms with E-state index in [1.165, 1.54) is 6.33 Å². The summed E-state index contributed by atoms with van der Waals surface area (Å²) < 4.78 is 7.88. The second-order valence-electron chi connectivity index (χ2n) is 9.45. The van der Waals surface area contributed by atoms with Gasteiger partial charge in [-0.3, -0.25) is 0 Å². The van der Waals surface area contributed by atoms with Crippen molar-refractivity contribution in [3.05, 3.63) is 60.9 Å². The normalized spacial score (nSPS) is 18.2. The van der Waals surface area contributed by atoms with Crippen molar-refractivity contribution in [2.45, 2.75) is 18.9 Å². The van der Waals surface area contributed by atoms with Gasteiger partial charge in [-0.2, -0.15) is 5.10 Å².